The molecule has 1 N–H and O–H groups in total. The molecule has 0 aromatic heterocycles. The zero-order chi connectivity index (χ0) is 23.4. The van der Waals surface area contributed by atoms with Crippen molar-refractivity contribution < 1.29 is 24.2 Å². The van der Waals surface area contributed by atoms with Crippen LogP contribution >= 0.6 is 0 Å². The minimum Gasteiger partial charge on any atom is -0.481 e. The van der Waals surface area contributed by atoms with Gasteiger partial charge in [0.25, 0.3) is 0 Å². The standard InChI is InChI=1S/C18H28O3.C7H14O2/c1-6-18(5,7-2)17(19)21-12-15(4)20-13-16-10-8-14(3)9-11-16;1-4-7(3,5-2)6(8)9/h8-11,15H,6-7,12-13H2,1-5H3;4-5H2,1-3H3,(H,8,9). The van der Waals surface area contributed by atoms with E-state index in [-0.39, 0.29) is 17.5 Å². The Labute approximate surface area is 183 Å². The van der Waals surface area contributed by atoms with Crippen molar-refractivity contribution in [1.29, 1.82) is 0 Å². The summed E-state index contributed by atoms with van der Waals surface area (Å²) in [6, 6.07) is 8.24. The number of aryl methyl sites for hydroxylation is 1. The highest BCUT2D eigenvalue weighted by atomic mass is 16.6. The number of hydrogen-bond acceptors (Lipinski definition) is 4. The summed E-state index contributed by atoms with van der Waals surface area (Å²) in [6.07, 6.45) is 2.90. The summed E-state index contributed by atoms with van der Waals surface area (Å²) in [7, 11) is 0. The van der Waals surface area contributed by atoms with Gasteiger partial charge in [0.15, 0.2) is 0 Å². The molecule has 0 heterocycles. The van der Waals surface area contributed by atoms with Gasteiger partial charge in [-0.2, -0.15) is 0 Å². The molecule has 172 valence electrons. The number of carbonyl (C=O) groups excluding carboxylic acids is 1. The second kappa shape index (κ2) is 13.4. The van der Waals surface area contributed by atoms with Crippen molar-refractivity contribution in [2.24, 2.45) is 10.8 Å². The van der Waals surface area contributed by atoms with Crippen molar-refractivity contribution >= 4 is 11.9 Å². The third-order valence-corrected chi connectivity index (χ3v) is 6.23. The van der Waals surface area contributed by atoms with Crippen LogP contribution in [0, 0.1) is 17.8 Å². The normalized spacial score (nSPS) is 12.5. The SMILES string of the molecule is CCC(C)(CC)C(=O)O.CCC(C)(CC)C(=O)OCC(C)OCc1ccc(C)cc1. The fourth-order valence-corrected chi connectivity index (χ4v) is 2.43. The first kappa shape index (κ1) is 28.1. The van der Waals surface area contributed by atoms with Gasteiger partial charge in [-0.25, -0.2) is 0 Å². The van der Waals surface area contributed by atoms with Gasteiger partial charge in [0.2, 0.25) is 0 Å². The van der Waals surface area contributed by atoms with Crippen molar-refractivity contribution in [1.82, 2.24) is 0 Å². The topological polar surface area (TPSA) is 72.8 Å². The maximum absolute atomic E-state index is 12.1. The summed E-state index contributed by atoms with van der Waals surface area (Å²) in [4.78, 5) is 22.5. The van der Waals surface area contributed by atoms with Crippen molar-refractivity contribution in [2.75, 3.05) is 6.61 Å². The van der Waals surface area contributed by atoms with Crippen LogP contribution in [0.3, 0.4) is 0 Å². The Morgan fingerprint density at radius 2 is 1.40 bits per heavy atom. The van der Waals surface area contributed by atoms with E-state index in [1.165, 1.54) is 5.56 Å². The molecule has 5 heteroatoms. The first-order valence-corrected chi connectivity index (χ1v) is 11.1. The molecule has 0 aliphatic heterocycles. The quantitative estimate of drug-likeness (QED) is 0.432. The Morgan fingerprint density at radius 3 is 1.77 bits per heavy atom. The molecule has 0 spiro atoms. The highest BCUT2D eigenvalue weighted by Gasteiger charge is 2.31. The highest BCUT2D eigenvalue weighted by Crippen LogP contribution is 2.27. The lowest BCUT2D eigenvalue weighted by molar-refractivity contribution is -0.159. The van der Waals surface area contributed by atoms with Gasteiger partial charge in [0.1, 0.15) is 6.61 Å². The van der Waals surface area contributed by atoms with Crippen LogP contribution in [-0.4, -0.2) is 29.8 Å². The molecule has 0 radical (unpaired) electrons. The number of rotatable bonds is 11. The average Bonchev–Trinajstić information content (AvgIpc) is 2.76. The van der Waals surface area contributed by atoms with Crippen LogP contribution < -0.4 is 0 Å². The largest absolute Gasteiger partial charge is 0.481 e. The van der Waals surface area contributed by atoms with E-state index < -0.39 is 11.4 Å². The maximum atomic E-state index is 12.1. The molecule has 1 unspecified atom stereocenters. The first-order valence-electron chi connectivity index (χ1n) is 11.1. The van der Waals surface area contributed by atoms with Gasteiger partial charge in [-0.05, 0) is 58.9 Å². The Bertz CT molecular complexity index is 627. The van der Waals surface area contributed by atoms with E-state index in [0.29, 0.717) is 26.1 Å². The summed E-state index contributed by atoms with van der Waals surface area (Å²) in [6.45, 7) is 16.4. The van der Waals surface area contributed by atoms with Gasteiger partial charge in [0, 0.05) is 0 Å². The number of esters is 1. The van der Waals surface area contributed by atoms with Crippen LogP contribution in [0.4, 0.5) is 0 Å². The number of carboxylic acid groups (broad SMARTS) is 1. The number of ether oxygens (including phenoxy) is 2. The highest BCUT2D eigenvalue weighted by molar-refractivity contribution is 5.76. The number of aliphatic carboxylic acids is 1. The Morgan fingerprint density at radius 1 is 0.933 bits per heavy atom. The number of carboxylic acids is 1. The van der Waals surface area contributed by atoms with Crippen LogP contribution in [0.15, 0.2) is 24.3 Å². The number of benzene rings is 1. The third-order valence-electron chi connectivity index (χ3n) is 6.23. The van der Waals surface area contributed by atoms with Crippen molar-refractivity contribution in [2.45, 2.75) is 93.8 Å². The van der Waals surface area contributed by atoms with Crippen molar-refractivity contribution in [3.8, 4) is 0 Å². The van der Waals surface area contributed by atoms with Crippen LogP contribution in [0.1, 0.15) is 85.3 Å². The molecule has 0 aliphatic rings. The molecule has 0 saturated carbocycles. The summed E-state index contributed by atoms with van der Waals surface area (Å²) in [5.41, 5.74) is 1.49. The molecule has 0 saturated heterocycles. The minimum absolute atomic E-state index is 0.104. The Kier molecular flexibility index (Phi) is 12.6. The van der Waals surface area contributed by atoms with E-state index in [9.17, 15) is 9.59 Å². The van der Waals surface area contributed by atoms with Gasteiger partial charge in [0.05, 0.1) is 23.5 Å². The zero-order valence-corrected chi connectivity index (χ0v) is 20.2. The molecule has 0 bridgehead atoms. The fraction of sp³-hybridized carbons (Fsp3) is 0.680. The molecule has 1 aromatic carbocycles. The first-order chi connectivity index (χ1) is 14.0. The van der Waals surface area contributed by atoms with Gasteiger partial charge in [-0.3, -0.25) is 9.59 Å². The lowest BCUT2D eigenvalue weighted by atomic mass is 9.85. The molecule has 1 rings (SSSR count). The van der Waals surface area contributed by atoms with Gasteiger partial charge in [-0.15, -0.1) is 0 Å². The molecule has 1 aromatic rings. The Hall–Kier alpha value is -1.88. The van der Waals surface area contributed by atoms with E-state index >= 15 is 0 Å². The predicted molar refractivity (Wildman–Crippen MR) is 121 cm³/mol. The Balaban J connectivity index is 0.000000787. The molecule has 30 heavy (non-hydrogen) atoms. The maximum Gasteiger partial charge on any atom is 0.311 e. The predicted octanol–water partition coefficient (Wildman–Crippen LogP) is 6.17. The van der Waals surface area contributed by atoms with Gasteiger partial charge >= 0.3 is 11.9 Å². The fourth-order valence-electron chi connectivity index (χ4n) is 2.43. The average molecular weight is 423 g/mol. The molecular weight excluding hydrogens is 380 g/mol. The molecular formula is C25H42O5. The van der Waals surface area contributed by atoms with E-state index in [0.717, 1.165) is 18.4 Å². The van der Waals surface area contributed by atoms with E-state index in [4.69, 9.17) is 14.6 Å². The summed E-state index contributed by atoms with van der Waals surface area (Å²) in [5, 5.41) is 8.63. The van der Waals surface area contributed by atoms with E-state index in [2.05, 4.69) is 31.2 Å². The van der Waals surface area contributed by atoms with Gasteiger partial charge in [-0.1, -0.05) is 57.5 Å². The van der Waals surface area contributed by atoms with E-state index in [1.807, 2.05) is 41.5 Å². The van der Waals surface area contributed by atoms with Crippen LogP contribution in [0.25, 0.3) is 0 Å². The van der Waals surface area contributed by atoms with E-state index in [1.54, 1.807) is 6.92 Å². The lowest BCUT2D eigenvalue weighted by Crippen LogP contribution is -2.31. The van der Waals surface area contributed by atoms with Crippen molar-refractivity contribution in [3.63, 3.8) is 0 Å². The summed E-state index contributed by atoms with van der Waals surface area (Å²) >= 11 is 0. The number of carbonyl (C=O) groups is 2. The second-order valence-corrected chi connectivity index (χ2v) is 8.55. The van der Waals surface area contributed by atoms with Crippen molar-refractivity contribution in [3.05, 3.63) is 35.4 Å². The summed E-state index contributed by atoms with van der Waals surface area (Å²) in [5.74, 6) is -0.814. The third kappa shape index (κ3) is 9.29. The molecule has 0 amide bonds. The monoisotopic (exact) mass is 422 g/mol. The van der Waals surface area contributed by atoms with Crippen LogP contribution in [0.2, 0.25) is 0 Å². The molecule has 5 nitrogen and oxygen atoms in total. The lowest BCUT2D eigenvalue weighted by Gasteiger charge is -2.25. The molecule has 0 aliphatic carbocycles. The zero-order valence-electron chi connectivity index (χ0n) is 20.2. The number of hydrogen-bond donors (Lipinski definition) is 1. The van der Waals surface area contributed by atoms with Crippen LogP contribution in [-0.2, 0) is 25.7 Å². The summed E-state index contributed by atoms with van der Waals surface area (Å²) < 4.78 is 11.1. The van der Waals surface area contributed by atoms with Crippen LogP contribution in [0.5, 0.6) is 0 Å². The molecule has 1 atom stereocenters. The second-order valence-electron chi connectivity index (χ2n) is 8.55. The molecule has 0 fully saturated rings. The van der Waals surface area contributed by atoms with Gasteiger partial charge < -0.3 is 14.6 Å². The smallest absolute Gasteiger partial charge is 0.311 e. The minimum atomic E-state index is -0.687.